The van der Waals surface area contributed by atoms with Gasteiger partial charge in [-0.2, -0.15) is 4.58 Å². The van der Waals surface area contributed by atoms with Gasteiger partial charge in [-0.1, -0.05) is 84.1 Å². The summed E-state index contributed by atoms with van der Waals surface area (Å²) in [4.78, 5) is 15.2. The van der Waals surface area contributed by atoms with Gasteiger partial charge >= 0.3 is 12.4 Å². The number of aliphatic imine (C=N–C) groups is 1. The number of fused-ring (bicyclic) bond motifs is 2. The van der Waals surface area contributed by atoms with Crippen LogP contribution in [0.2, 0.25) is 0 Å². The molecule has 1 aliphatic heterocycles. The second-order valence-electron chi connectivity index (χ2n) is 10.7. The van der Waals surface area contributed by atoms with Crippen LogP contribution < -0.4 is 9.48 Å². The molecule has 2 aliphatic rings. The van der Waals surface area contributed by atoms with E-state index < -0.39 is 7.25 Å². The van der Waals surface area contributed by atoms with Crippen LogP contribution in [0, 0.1) is 0 Å². The fourth-order valence-corrected chi connectivity index (χ4v) is 7.70. The monoisotopic (exact) mass is 642 g/mol. The number of nitrogens with zero attached hydrogens (tertiary/aromatic N) is 4. The molecule has 1 aliphatic carbocycles. The number of benzene rings is 4. The van der Waals surface area contributed by atoms with Gasteiger partial charge in [0.15, 0.2) is 10.8 Å². The number of amidine groups is 1. The molecule has 11 heteroatoms. The third kappa shape index (κ3) is 6.64. The number of rotatable bonds is 5. The minimum Gasteiger partial charge on any atom is -0.418 e. The summed E-state index contributed by atoms with van der Waals surface area (Å²) in [6.45, 7) is 4.49. The van der Waals surface area contributed by atoms with Crippen molar-refractivity contribution in [3.63, 3.8) is 0 Å². The molecule has 226 valence electrons. The molecule has 7 rings (SSSR count). The van der Waals surface area contributed by atoms with E-state index in [1.807, 2.05) is 24.3 Å². The van der Waals surface area contributed by atoms with Gasteiger partial charge in [-0.15, -0.1) is 0 Å². The van der Waals surface area contributed by atoms with Crippen LogP contribution in [0.5, 0.6) is 0 Å². The maximum Gasteiger partial charge on any atom is 0.673 e. The van der Waals surface area contributed by atoms with E-state index in [1.54, 1.807) is 23.1 Å². The van der Waals surface area contributed by atoms with Crippen LogP contribution in [0.1, 0.15) is 24.4 Å². The predicted octanol–water partition coefficient (Wildman–Crippen LogP) is 10.6. The van der Waals surface area contributed by atoms with Crippen molar-refractivity contribution in [2.75, 3.05) is 4.90 Å². The summed E-state index contributed by atoms with van der Waals surface area (Å²) in [5, 5.41) is 1.91. The molecule has 0 spiro atoms. The summed E-state index contributed by atoms with van der Waals surface area (Å²) in [5.74, 6) is 0. The molecule has 4 nitrogen and oxygen atoms in total. The summed E-state index contributed by atoms with van der Waals surface area (Å²) >= 11 is 3.47. The van der Waals surface area contributed by atoms with E-state index in [9.17, 15) is 17.3 Å². The molecular weight excluding hydrogens is 615 g/mol. The first-order chi connectivity index (χ1) is 21.6. The minimum absolute atomic E-state index is 0.346. The first-order valence-corrected chi connectivity index (χ1v) is 15.8. The van der Waals surface area contributed by atoms with Crippen LogP contribution in [0.25, 0.3) is 6.08 Å². The third-order valence-electron chi connectivity index (χ3n) is 7.17. The van der Waals surface area contributed by atoms with Crippen molar-refractivity contribution in [1.82, 2.24) is 9.56 Å². The van der Waals surface area contributed by atoms with Crippen LogP contribution in [0.4, 0.5) is 45.1 Å². The molecule has 0 N–H and O–H groups in total. The smallest absolute Gasteiger partial charge is 0.418 e. The normalized spacial score (nSPS) is 14.8. The molecule has 0 atom stereocenters. The summed E-state index contributed by atoms with van der Waals surface area (Å²) in [6, 6.07) is 41.8. The van der Waals surface area contributed by atoms with E-state index in [4.69, 9.17) is 9.98 Å². The Bertz CT molecular complexity index is 1800. The number of hydrogen-bond acceptors (Lipinski definition) is 4. The zero-order valence-corrected chi connectivity index (χ0v) is 26.0. The van der Waals surface area contributed by atoms with Crippen molar-refractivity contribution >= 4 is 75.2 Å². The van der Waals surface area contributed by atoms with Crippen molar-refractivity contribution in [2.24, 2.45) is 4.99 Å². The number of para-hydroxylation sites is 4. The first-order valence-electron chi connectivity index (χ1n) is 14.1. The van der Waals surface area contributed by atoms with Crippen LogP contribution in [-0.2, 0) is 5.41 Å². The number of halogens is 4. The maximum atomic E-state index is 9.75. The molecule has 0 bridgehead atoms. The molecule has 45 heavy (non-hydrogen) atoms. The molecule has 0 saturated heterocycles. The van der Waals surface area contributed by atoms with Crippen molar-refractivity contribution in [3.05, 3.63) is 137 Å². The molecule has 0 radical (unpaired) electrons. The molecule has 0 fully saturated rings. The molecular formula is C34H27BF4N4S2. The minimum atomic E-state index is -6.00. The molecule has 0 amide bonds. The number of aromatic nitrogens is 1. The van der Waals surface area contributed by atoms with E-state index in [0.29, 0.717) is 0 Å². The highest BCUT2D eigenvalue weighted by Gasteiger charge is 2.47. The quantitative estimate of drug-likeness (QED) is 0.109. The molecule has 5 aromatic rings. The number of anilines is 3. The number of thioether (sulfide) groups is 1. The maximum absolute atomic E-state index is 9.75. The lowest BCUT2D eigenvalue weighted by molar-refractivity contribution is 0.368. The molecule has 1 aromatic heterocycles. The average Bonchev–Trinajstić information content (AvgIpc) is 3.65. The van der Waals surface area contributed by atoms with Gasteiger partial charge in [0.1, 0.15) is 11.4 Å². The van der Waals surface area contributed by atoms with Crippen molar-refractivity contribution in [2.45, 2.75) is 19.3 Å². The Labute approximate surface area is 267 Å². The van der Waals surface area contributed by atoms with Crippen LogP contribution in [-0.4, -0.2) is 23.1 Å². The Balaban J connectivity index is 0.000000664. The summed E-state index contributed by atoms with van der Waals surface area (Å²) in [7, 11) is -6.00. The van der Waals surface area contributed by atoms with Gasteiger partial charge in [0.25, 0.3) is 0 Å². The largest absolute Gasteiger partial charge is 0.673 e. The zero-order valence-electron chi connectivity index (χ0n) is 24.3. The Morgan fingerprint density at radius 2 is 1.13 bits per heavy atom. The van der Waals surface area contributed by atoms with Gasteiger partial charge in [-0.25, -0.2) is 4.98 Å². The van der Waals surface area contributed by atoms with E-state index >= 15 is 0 Å². The molecule has 2 heterocycles. The van der Waals surface area contributed by atoms with Crippen molar-refractivity contribution in [3.8, 4) is 0 Å². The first kappa shape index (κ1) is 30.5. The number of thiazole rings is 1. The fraction of sp³-hybridized carbons (Fsp3) is 0.0882. The van der Waals surface area contributed by atoms with Crippen molar-refractivity contribution < 1.29 is 17.3 Å². The van der Waals surface area contributed by atoms with Gasteiger partial charge in [-0.3, -0.25) is 4.90 Å². The average molecular weight is 643 g/mol. The standard InChI is InChI=1S/C34H27N4S2.BF4/c1-34(2)30-28(39-32(35-30)37(24-15-7-3-8-16-24)25-17-9-4-10-18-25)23-29-31(34)36-33(40-29)38(26-19-11-5-12-20-26)27-21-13-6-14-22-27;2-1(3,4)5/h3-23H,1-2H3;/q+1;-1. The Morgan fingerprint density at radius 1 is 0.689 bits per heavy atom. The topological polar surface area (TPSA) is 31.5 Å². The molecule has 4 aromatic carbocycles. The lowest BCUT2D eigenvalue weighted by atomic mass is 9.80. The van der Waals surface area contributed by atoms with E-state index in [1.165, 1.54) is 9.78 Å². The van der Waals surface area contributed by atoms with Gasteiger partial charge in [-0.05, 0) is 73.4 Å². The van der Waals surface area contributed by atoms with Gasteiger partial charge in [0.05, 0.1) is 20.9 Å². The lowest BCUT2D eigenvalue weighted by Crippen LogP contribution is -2.32. The SMILES string of the molecule is CC1(C)C2=NC(=[N+](c3ccccc3)c3ccccc3)SC2=Cc2sc(N(c3ccccc3)c3ccccc3)nc21.F[B-](F)(F)F. The third-order valence-corrected chi connectivity index (χ3v) is 9.15. The molecule has 0 saturated carbocycles. The summed E-state index contributed by atoms with van der Waals surface area (Å²) in [6.07, 6.45) is 2.28. The highest BCUT2D eigenvalue weighted by Crippen LogP contribution is 2.49. The van der Waals surface area contributed by atoms with Gasteiger partial charge in [0, 0.05) is 23.1 Å². The second kappa shape index (κ2) is 12.5. The van der Waals surface area contributed by atoms with Gasteiger partial charge in [0.2, 0.25) is 0 Å². The highest BCUT2D eigenvalue weighted by molar-refractivity contribution is 8.18. The second-order valence-corrected chi connectivity index (χ2v) is 12.7. The van der Waals surface area contributed by atoms with E-state index in [-0.39, 0.29) is 5.41 Å². The van der Waals surface area contributed by atoms with Gasteiger partial charge < -0.3 is 17.3 Å². The van der Waals surface area contributed by atoms with Crippen LogP contribution >= 0.6 is 23.1 Å². The van der Waals surface area contributed by atoms with E-state index in [0.717, 1.165) is 44.5 Å². The number of allylic oxidation sites excluding steroid dienone is 1. The Hall–Kier alpha value is -4.48. The lowest BCUT2D eigenvalue weighted by Gasteiger charge is -2.24. The zero-order chi connectivity index (χ0) is 31.6. The van der Waals surface area contributed by atoms with Crippen molar-refractivity contribution in [1.29, 1.82) is 0 Å². The summed E-state index contributed by atoms with van der Waals surface area (Å²) < 4.78 is 41.2. The Kier molecular flexibility index (Phi) is 8.48. The van der Waals surface area contributed by atoms with E-state index in [2.05, 4.69) is 126 Å². The highest BCUT2D eigenvalue weighted by atomic mass is 32.2. The Morgan fingerprint density at radius 3 is 1.60 bits per heavy atom. The molecule has 0 unspecified atom stereocenters. The predicted molar refractivity (Wildman–Crippen MR) is 182 cm³/mol. The van der Waals surface area contributed by atoms with Crippen LogP contribution in [0.3, 0.4) is 0 Å². The number of hydrogen-bond donors (Lipinski definition) is 0. The fourth-order valence-electron chi connectivity index (χ4n) is 5.20. The summed E-state index contributed by atoms with van der Waals surface area (Å²) in [5.41, 5.74) is 6.16. The van der Waals surface area contributed by atoms with Crippen LogP contribution in [0.15, 0.2) is 131 Å².